The van der Waals surface area contributed by atoms with E-state index in [1.807, 2.05) is 11.3 Å². The van der Waals surface area contributed by atoms with Gasteiger partial charge in [0.05, 0.1) is 22.1 Å². The Bertz CT molecular complexity index is 3260. The van der Waals surface area contributed by atoms with Gasteiger partial charge in [-0.3, -0.25) is 0 Å². The zero-order valence-electron chi connectivity index (χ0n) is 28.2. The van der Waals surface area contributed by atoms with Crippen LogP contribution in [0, 0.1) is 0 Å². The van der Waals surface area contributed by atoms with Crippen molar-refractivity contribution in [3.63, 3.8) is 0 Å². The molecule has 0 saturated heterocycles. The van der Waals surface area contributed by atoms with Crippen molar-refractivity contribution in [3.05, 3.63) is 181 Å². The van der Waals surface area contributed by atoms with Crippen LogP contribution in [0.5, 0.6) is 0 Å². The van der Waals surface area contributed by atoms with Crippen LogP contribution in [0.4, 0.5) is 0 Å². The highest BCUT2D eigenvalue weighted by molar-refractivity contribution is 7.26. The molecule has 11 aromatic rings. The average molecular weight is 679 g/mol. The first-order valence-electron chi connectivity index (χ1n) is 18.0. The SMILES string of the molecule is c1ccc(-n2c3ccccc3c3ccc4c5ccccc5n(-c5ccc6c(c5)-c5ccc(-c7cccc8c7sc7ccccc78)cc5C6)c4c32)cc1. The summed E-state index contributed by atoms with van der Waals surface area (Å²) in [6, 6.07) is 63.0. The average Bonchev–Trinajstić information content (AvgIpc) is 3.95. The monoisotopic (exact) mass is 678 g/mol. The second-order valence-electron chi connectivity index (χ2n) is 14.1. The molecule has 0 radical (unpaired) electrons. The molecule has 0 bridgehead atoms. The topological polar surface area (TPSA) is 9.86 Å². The summed E-state index contributed by atoms with van der Waals surface area (Å²) in [4.78, 5) is 0. The number of rotatable bonds is 3. The van der Waals surface area contributed by atoms with E-state index in [-0.39, 0.29) is 0 Å². The van der Waals surface area contributed by atoms with Gasteiger partial charge in [-0.1, -0.05) is 127 Å². The quantitative estimate of drug-likeness (QED) is 0.176. The lowest BCUT2D eigenvalue weighted by Gasteiger charge is -2.14. The van der Waals surface area contributed by atoms with Gasteiger partial charge in [0.2, 0.25) is 0 Å². The molecule has 0 N–H and O–H groups in total. The van der Waals surface area contributed by atoms with Gasteiger partial charge in [-0.2, -0.15) is 0 Å². The summed E-state index contributed by atoms with van der Waals surface area (Å²) in [7, 11) is 0. The van der Waals surface area contributed by atoms with Crippen molar-refractivity contribution in [2.24, 2.45) is 0 Å². The fourth-order valence-corrected chi connectivity index (χ4v) is 10.3. The van der Waals surface area contributed by atoms with Crippen LogP contribution in [0.1, 0.15) is 11.1 Å². The van der Waals surface area contributed by atoms with E-state index in [4.69, 9.17) is 0 Å². The molecule has 1 aliphatic rings. The first-order valence-corrected chi connectivity index (χ1v) is 18.8. The highest BCUT2D eigenvalue weighted by atomic mass is 32.1. The minimum absolute atomic E-state index is 0.945. The lowest BCUT2D eigenvalue weighted by Crippen LogP contribution is -1.99. The van der Waals surface area contributed by atoms with Crippen LogP contribution in [-0.4, -0.2) is 9.13 Å². The summed E-state index contributed by atoms with van der Waals surface area (Å²) in [6.45, 7) is 0. The molecular weight excluding hydrogens is 649 g/mol. The molecule has 52 heavy (non-hydrogen) atoms. The Morgan fingerprint density at radius 2 is 1.04 bits per heavy atom. The van der Waals surface area contributed by atoms with E-state index in [0.29, 0.717) is 0 Å². The third-order valence-corrected chi connectivity index (χ3v) is 12.5. The largest absolute Gasteiger partial charge is 0.307 e. The van der Waals surface area contributed by atoms with E-state index in [0.717, 1.165) is 6.42 Å². The summed E-state index contributed by atoms with van der Waals surface area (Å²) in [5, 5.41) is 7.76. The van der Waals surface area contributed by atoms with Gasteiger partial charge < -0.3 is 9.13 Å². The molecule has 0 amide bonds. The first-order chi connectivity index (χ1) is 25.8. The van der Waals surface area contributed by atoms with Crippen LogP contribution in [0.3, 0.4) is 0 Å². The molecule has 0 spiro atoms. The van der Waals surface area contributed by atoms with Crippen molar-refractivity contribution >= 4 is 75.1 Å². The fourth-order valence-electron chi connectivity index (χ4n) is 9.07. The highest BCUT2D eigenvalue weighted by Gasteiger charge is 2.24. The molecule has 242 valence electrons. The summed E-state index contributed by atoms with van der Waals surface area (Å²) in [5.41, 5.74) is 15.4. The van der Waals surface area contributed by atoms with Crippen LogP contribution in [0.2, 0.25) is 0 Å². The van der Waals surface area contributed by atoms with Gasteiger partial charge in [-0.15, -0.1) is 11.3 Å². The van der Waals surface area contributed by atoms with E-state index in [1.165, 1.54) is 109 Å². The fraction of sp³-hybridized carbons (Fsp3) is 0.0204. The standard InChI is InChI=1S/C49H30N2S/c1-2-11-33(12-3-1)50-44-18-7-4-13-37(44)40-25-26-41-38-14-5-8-19-45(38)51(48(41)47(40)50)34-23-21-31-28-32-27-30(22-24-35(32)43(31)29-34)36-16-10-17-42-39-15-6-9-20-46(39)52-49(36)42/h1-27,29H,28H2. The maximum absolute atomic E-state index is 2.51. The molecule has 0 fully saturated rings. The molecular formula is C49H30N2S. The maximum Gasteiger partial charge on any atom is 0.0788 e. The van der Waals surface area contributed by atoms with Crippen molar-refractivity contribution in [2.45, 2.75) is 6.42 Å². The van der Waals surface area contributed by atoms with Crippen LogP contribution in [0.15, 0.2) is 170 Å². The number of nitrogens with zero attached hydrogens (tertiary/aromatic N) is 2. The minimum Gasteiger partial charge on any atom is -0.307 e. The van der Waals surface area contributed by atoms with Crippen molar-refractivity contribution in [2.75, 3.05) is 0 Å². The van der Waals surface area contributed by atoms with Gasteiger partial charge in [0.1, 0.15) is 0 Å². The molecule has 3 heterocycles. The van der Waals surface area contributed by atoms with Crippen LogP contribution >= 0.6 is 11.3 Å². The van der Waals surface area contributed by atoms with Crippen molar-refractivity contribution in [3.8, 4) is 33.6 Å². The van der Waals surface area contributed by atoms with Crippen LogP contribution in [0.25, 0.3) is 97.4 Å². The van der Waals surface area contributed by atoms with Gasteiger partial charge in [-0.05, 0) is 82.3 Å². The Morgan fingerprint density at radius 1 is 0.385 bits per heavy atom. The van der Waals surface area contributed by atoms with Gasteiger partial charge >= 0.3 is 0 Å². The van der Waals surface area contributed by atoms with E-state index < -0.39 is 0 Å². The highest BCUT2D eigenvalue weighted by Crippen LogP contribution is 2.46. The van der Waals surface area contributed by atoms with E-state index in [2.05, 4.69) is 179 Å². The third-order valence-electron chi connectivity index (χ3n) is 11.3. The molecule has 1 aliphatic carbocycles. The van der Waals surface area contributed by atoms with Gasteiger partial charge in [0.25, 0.3) is 0 Å². The Kier molecular flexibility index (Phi) is 5.74. The smallest absolute Gasteiger partial charge is 0.0788 e. The van der Waals surface area contributed by atoms with Gasteiger partial charge in [-0.25, -0.2) is 0 Å². The lowest BCUT2D eigenvalue weighted by atomic mass is 9.98. The molecule has 0 unspecified atom stereocenters. The number of thiophene rings is 1. The van der Waals surface area contributed by atoms with Crippen LogP contribution in [-0.2, 0) is 6.42 Å². The number of hydrogen-bond acceptors (Lipinski definition) is 1. The number of hydrogen-bond donors (Lipinski definition) is 0. The Balaban J connectivity index is 1.08. The number of para-hydroxylation sites is 3. The molecule has 0 aliphatic heterocycles. The van der Waals surface area contributed by atoms with Crippen molar-refractivity contribution < 1.29 is 0 Å². The lowest BCUT2D eigenvalue weighted by molar-refractivity contribution is 1.15. The van der Waals surface area contributed by atoms with Crippen molar-refractivity contribution in [1.82, 2.24) is 9.13 Å². The second-order valence-corrected chi connectivity index (χ2v) is 15.1. The second kappa shape index (κ2) is 10.6. The Hall–Kier alpha value is -6.42. The normalized spacial score (nSPS) is 12.5. The zero-order valence-corrected chi connectivity index (χ0v) is 29.0. The zero-order chi connectivity index (χ0) is 33.9. The summed E-state index contributed by atoms with van der Waals surface area (Å²) in [5.74, 6) is 0. The summed E-state index contributed by atoms with van der Waals surface area (Å²) >= 11 is 1.90. The molecule has 8 aromatic carbocycles. The number of benzene rings is 8. The predicted octanol–water partition coefficient (Wildman–Crippen LogP) is 13.5. The predicted molar refractivity (Wildman–Crippen MR) is 222 cm³/mol. The van der Waals surface area contributed by atoms with E-state index in [9.17, 15) is 0 Å². The Labute approximate surface area is 304 Å². The number of aromatic nitrogens is 2. The summed E-state index contributed by atoms with van der Waals surface area (Å²) in [6.07, 6.45) is 0.945. The number of fused-ring (bicyclic) bond motifs is 13. The molecule has 0 atom stereocenters. The molecule has 12 rings (SSSR count). The molecule has 3 heteroatoms. The third kappa shape index (κ3) is 3.83. The maximum atomic E-state index is 2.51. The molecule has 0 saturated carbocycles. The van der Waals surface area contributed by atoms with Gasteiger partial charge in [0, 0.05) is 53.1 Å². The molecule has 2 nitrogen and oxygen atoms in total. The van der Waals surface area contributed by atoms with E-state index >= 15 is 0 Å². The first kappa shape index (κ1) is 28.3. The van der Waals surface area contributed by atoms with Crippen molar-refractivity contribution in [1.29, 1.82) is 0 Å². The minimum atomic E-state index is 0.945. The Morgan fingerprint density at radius 3 is 1.81 bits per heavy atom. The molecule has 3 aromatic heterocycles. The van der Waals surface area contributed by atoms with Crippen LogP contribution < -0.4 is 0 Å². The summed E-state index contributed by atoms with van der Waals surface area (Å²) < 4.78 is 7.69. The van der Waals surface area contributed by atoms with Gasteiger partial charge in [0.15, 0.2) is 0 Å². The van der Waals surface area contributed by atoms with E-state index in [1.54, 1.807) is 0 Å².